The van der Waals surface area contributed by atoms with E-state index in [4.69, 9.17) is 4.74 Å². The maximum absolute atomic E-state index is 11.3. The van der Waals surface area contributed by atoms with Gasteiger partial charge in [-0.05, 0) is 37.5 Å². The third kappa shape index (κ3) is 4.98. The maximum Gasteiger partial charge on any atom is 0.316 e. The van der Waals surface area contributed by atoms with Crippen molar-refractivity contribution in [2.24, 2.45) is 0 Å². The van der Waals surface area contributed by atoms with E-state index in [2.05, 4.69) is 40.9 Å². The fourth-order valence-electron chi connectivity index (χ4n) is 2.38. The van der Waals surface area contributed by atoms with Gasteiger partial charge in [0.25, 0.3) is 0 Å². The van der Waals surface area contributed by atoms with Crippen molar-refractivity contribution in [3.05, 3.63) is 35.7 Å². The van der Waals surface area contributed by atoms with Crippen LogP contribution in [0.3, 0.4) is 0 Å². The summed E-state index contributed by atoms with van der Waals surface area (Å²) in [4.78, 5) is 11.3. The molecule has 0 spiro atoms. The third-order valence-electron chi connectivity index (χ3n) is 3.83. The summed E-state index contributed by atoms with van der Waals surface area (Å²) in [6, 6.07) is 8.11. The van der Waals surface area contributed by atoms with E-state index in [1.54, 1.807) is 0 Å². The van der Waals surface area contributed by atoms with Crippen LogP contribution >= 0.6 is 11.8 Å². The van der Waals surface area contributed by atoms with E-state index in [0.29, 0.717) is 17.6 Å². The number of ether oxygens (including phenoxy) is 2. The molecule has 0 radical (unpaired) electrons. The predicted molar refractivity (Wildman–Crippen MR) is 98.0 cm³/mol. The zero-order valence-electron chi connectivity index (χ0n) is 15.4. The van der Waals surface area contributed by atoms with E-state index in [1.165, 1.54) is 24.4 Å². The van der Waals surface area contributed by atoms with Gasteiger partial charge in [0.2, 0.25) is 0 Å². The molecule has 0 bridgehead atoms. The first kappa shape index (κ1) is 19.3. The van der Waals surface area contributed by atoms with E-state index < -0.39 is 0 Å². The molecule has 0 N–H and O–H groups in total. The first-order valence-corrected chi connectivity index (χ1v) is 9.34. The molecule has 7 heteroatoms. The highest BCUT2D eigenvalue weighted by Gasteiger charge is 2.19. The van der Waals surface area contributed by atoms with E-state index in [0.717, 1.165) is 11.6 Å². The molecule has 1 aromatic heterocycles. The topological polar surface area (TPSA) is 66.2 Å². The molecule has 0 amide bonds. The number of hydrogen-bond donors (Lipinski definition) is 0. The molecule has 0 saturated heterocycles. The summed E-state index contributed by atoms with van der Waals surface area (Å²) in [5.74, 6) is 1.95. The summed E-state index contributed by atoms with van der Waals surface area (Å²) in [6.45, 7) is 8.98. The molecule has 0 aliphatic carbocycles. The Labute approximate surface area is 152 Å². The zero-order chi connectivity index (χ0) is 18.4. The SMILES string of the molecule is CCn1c(SCC(=O)OC)nnc1C(C)Oc1ccc(C(C)C)cc1. The van der Waals surface area contributed by atoms with Gasteiger partial charge in [0.15, 0.2) is 17.1 Å². The summed E-state index contributed by atoms with van der Waals surface area (Å²) in [5, 5.41) is 9.12. The van der Waals surface area contributed by atoms with Crippen LogP contribution in [0, 0.1) is 0 Å². The van der Waals surface area contributed by atoms with Crippen LogP contribution < -0.4 is 4.74 Å². The lowest BCUT2D eigenvalue weighted by Gasteiger charge is -2.16. The third-order valence-corrected chi connectivity index (χ3v) is 4.77. The number of nitrogens with zero attached hydrogens (tertiary/aromatic N) is 3. The standard InChI is InChI=1S/C18H25N3O3S/c1-6-21-17(19-20-18(21)25-11-16(22)23-5)13(4)24-15-9-7-14(8-10-15)12(2)3/h7-10,12-13H,6,11H2,1-5H3. The molecule has 2 rings (SSSR count). The molecule has 0 fully saturated rings. The Morgan fingerprint density at radius 2 is 1.88 bits per heavy atom. The lowest BCUT2D eigenvalue weighted by molar-refractivity contribution is -0.137. The Balaban J connectivity index is 2.09. The molecule has 25 heavy (non-hydrogen) atoms. The molecule has 1 atom stereocenters. The minimum absolute atomic E-state index is 0.209. The molecule has 1 unspecified atom stereocenters. The average molecular weight is 363 g/mol. The summed E-state index contributed by atoms with van der Waals surface area (Å²) in [6.07, 6.45) is -0.246. The minimum atomic E-state index is -0.285. The number of benzene rings is 1. The lowest BCUT2D eigenvalue weighted by atomic mass is 10.0. The Morgan fingerprint density at radius 1 is 1.20 bits per heavy atom. The number of aromatic nitrogens is 3. The first-order valence-electron chi connectivity index (χ1n) is 8.35. The number of methoxy groups -OCH3 is 1. The number of carbonyl (C=O) groups is 1. The van der Waals surface area contributed by atoms with Crippen molar-refractivity contribution in [2.45, 2.75) is 51.4 Å². The van der Waals surface area contributed by atoms with Crippen LogP contribution in [0.2, 0.25) is 0 Å². The molecule has 0 aliphatic heterocycles. The molecule has 6 nitrogen and oxygen atoms in total. The van der Waals surface area contributed by atoms with E-state index in [-0.39, 0.29) is 17.8 Å². The number of carbonyl (C=O) groups excluding carboxylic acids is 1. The minimum Gasteiger partial charge on any atom is -0.483 e. The number of hydrogen-bond acceptors (Lipinski definition) is 6. The Morgan fingerprint density at radius 3 is 2.44 bits per heavy atom. The summed E-state index contributed by atoms with van der Waals surface area (Å²) in [5.41, 5.74) is 1.28. The molecule has 0 aliphatic rings. The van der Waals surface area contributed by atoms with Gasteiger partial charge in [-0.1, -0.05) is 37.7 Å². The van der Waals surface area contributed by atoms with Crippen LogP contribution in [0.15, 0.2) is 29.4 Å². The Hall–Kier alpha value is -2.02. The van der Waals surface area contributed by atoms with E-state index in [9.17, 15) is 4.79 Å². The summed E-state index contributed by atoms with van der Waals surface area (Å²) >= 11 is 1.31. The fraction of sp³-hybridized carbons (Fsp3) is 0.500. The van der Waals surface area contributed by atoms with E-state index >= 15 is 0 Å². The van der Waals surface area contributed by atoms with Crippen molar-refractivity contribution in [1.29, 1.82) is 0 Å². The maximum atomic E-state index is 11.3. The van der Waals surface area contributed by atoms with Gasteiger partial charge in [0.05, 0.1) is 12.9 Å². The van der Waals surface area contributed by atoms with Crippen LogP contribution in [0.1, 0.15) is 51.1 Å². The van der Waals surface area contributed by atoms with Gasteiger partial charge in [0, 0.05) is 6.54 Å². The highest BCUT2D eigenvalue weighted by molar-refractivity contribution is 7.99. The zero-order valence-corrected chi connectivity index (χ0v) is 16.2. The van der Waals surface area contributed by atoms with Crippen LogP contribution in [0.4, 0.5) is 0 Å². The van der Waals surface area contributed by atoms with Crippen molar-refractivity contribution in [3.8, 4) is 5.75 Å². The first-order chi connectivity index (χ1) is 12.0. The van der Waals surface area contributed by atoms with E-state index in [1.807, 2.05) is 30.5 Å². The second-order valence-electron chi connectivity index (χ2n) is 5.93. The lowest BCUT2D eigenvalue weighted by Crippen LogP contribution is -2.12. The Kier molecular flexibility index (Phi) is 6.87. The van der Waals surface area contributed by atoms with Gasteiger partial charge < -0.3 is 14.0 Å². The van der Waals surface area contributed by atoms with Crippen molar-refractivity contribution in [2.75, 3.05) is 12.9 Å². The number of rotatable bonds is 8. The Bertz CT molecular complexity index is 698. The van der Waals surface area contributed by atoms with Crippen molar-refractivity contribution in [1.82, 2.24) is 14.8 Å². The summed E-state index contributed by atoms with van der Waals surface area (Å²) < 4.78 is 12.6. The van der Waals surface area contributed by atoms with Crippen LogP contribution in [0.25, 0.3) is 0 Å². The van der Waals surface area contributed by atoms with Crippen LogP contribution in [0.5, 0.6) is 5.75 Å². The van der Waals surface area contributed by atoms with Gasteiger partial charge in [-0.3, -0.25) is 4.79 Å². The van der Waals surface area contributed by atoms with Gasteiger partial charge >= 0.3 is 5.97 Å². The molecule has 0 saturated carbocycles. The monoisotopic (exact) mass is 363 g/mol. The highest BCUT2D eigenvalue weighted by Crippen LogP contribution is 2.26. The second kappa shape index (κ2) is 8.89. The largest absolute Gasteiger partial charge is 0.483 e. The smallest absolute Gasteiger partial charge is 0.316 e. The molecular formula is C18H25N3O3S. The fourth-order valence-corrected chi connectivity index (χ4v) is 3.22. The molecule has 136 valence electrons. The van der Waals surface area contributed by atoms with Gasteiger partial charge in [0.1, 0.15) is 5.75 Å². The van der Waals surface area contributed by atoms with Gasteiger partial charge in [-0.2, -0.15) is 0 Å². The normalized spacial score (nSPS) is 12.2. The predicted octanol–water partition coefficient (Wildman–Crippen LogP) is 3.83. The van der Waals surface area contributed by atoms with Crippen molar-refractivity contribution < 1.29 is 14.3 Å². The number of esters is 1. The van der Waals surface area contributed by atoms with Crippen LogP contribution in [-0.4, -0.2) is 33.6 Å². The molecule has 1 aromatic carbocycles. The van der Waals surface area contributed by atoms with Crippen LogP contribution in [-0.2, 0) is 16.1 Å². The van der Waals surface area contributed by atoms with Crippen molar-refractivity contribution in [3.63, 3.8) is 0 Å². The van der Waals surface area contributed by atoms with Crippen molar-refractivity contribution >= 4 is 17.7 Å². The molecular weight excluding hydrogens is 338 g/mol. The average Bonchev–Trinajstić information content (AvgIpc) is 3.03. The second-order valence-corrected chi connectivity index (χ2v) is 6.88. The quantitative estimate of drug-likeness (QED) is 0.525. The molecule has 1 heterocycles. The highest BCUT2D eigenvalue weighted by atomic mass is 32.2. The van der Waals surface area contributed by atoms with Gasteiger partial charge in [-0.25, -0.2) is 0 Å². The summed E-state index contributed by atoms with van der Waals surface area (Å²) in [7, 11) is 1.37. The van der Waals surface area contributed by atoms with Gasteiger partial charge in [-0.15, -0.1) is 10.2 Å². The number of thioether (sulfide) groups is 1. The molecule has 2 aromatic rings.